The van der Waals surface area contributed by atoms with E-state index in [1.54, 1.807) is 0 Å². The van der Waals surface area contributed by atoms with E-state index in [1.807, 2.05) is 11.9 Å². The Morgan fingerprint density at radius 1 is 1.33 bits per heavy atom. The summed E-state index contributed by atoms with van der Waals surface area (Å²) in [6, 6.07) is 0.234. The highest BCUT2D eigenvalue weighted by molar-refractivity contribution is 5.79. The standard InChI is InChI=1S/C17H33N3O/c1-12-15(18)7-6-14(17(12,2)3)16(21)20(5)11-13-8-9-19(4)10-13/h12-15H,6-11,18H2,1-5H3. The molecular formula is C17H33N3O. The Kier molecular flexibility index (Phi) is 4.99. The van der Waals surface area contributed by atoms with Gasteiger partial charge in [-0.1, -0.05) is 20.8 Å². The predicted octanol–water partition coefficient (Wildman–Crippen LogP) is 1.80. The maximum atomic E-state index is 12.9. The highest BCUT2D eigenvalue weighted by Crippen LogP contribution is 2.45. The summed E-state index contributed by atoms with van der Waals surface area (Å²) in [4.78, 5) is 17.2. The summed E-state index contributed by atoms with van der Waals surface area (Å²) >= 11 is 0. The van der Waals surface area contributed by atoms with E-state index in [2.05, 4.69) is 32.7 Å². The van der Waals surface area contributed by atoms with Gasteiger partial charge < -0.3 is 15.5 Å². The lowest BCUT2D eigenvalue weighted by molar-refractivity contribution is -0.142. The highest BCUT2D eigenvalue weighted by Gasteiger charge is 2.45. The zero-order valence-corrected chi connectivity index (χ0v) is 14.4. The molecule has 0 aromatic heterocycles. The van der Waals surface area contributed by atoms with Crippen LogP contribution in [0.25, 0.3) is 0 Å². The van der Waals surface area contributed by atoms with Gasteiger partial charge in [0.2, 0.25) is 5.91 Å². The number of rotatable bonds is 3. The summed E-state index contributed by atoms with van der Waals surface area (Å²) in [7, 11) is 4.14. The number of nitrogens with zero attached hydrogens (tertiary/aromatic N) is 2. The fourth-order valence-corrected chi connectivity index (χ4v) is 4.21. The van der Waals surface area contributed by atoms with Crippen molar-refractivity contribution in [1.82, 2.24) is 9.80 Å². The average molecular weight is 295 g/mol. The largest absolute Gasteiger partial charge is 0.345 e. The molecule has 4 heteroatoms. The van der Waals surface area contributed by atoms with Crippen molar-refractivity contribution in [1.29, 1.82) is 0 Å². The summed E-state index contributed by atoms with van der Waals surface area (Å²) in [5.74, 6) is 1.48. The first-order valence-corrected chi connectivity index (χ1v) is 8.42. The molecule has 2 fully saturated rings. The van der Waals surface area contributed by atoms with Crippen LogP contribution in [0.4, 0.5) is 0 Å². The van der Waals surface area contributed by atoms with Crippen LogP contribution in [-0.4, -0.2) is 55.5 Å². The first-order valence-electron chi connectivity index (χ1n) is 8.42. The van der Waals surface area contributed by atoms with E-state index in [9.17, 15) is 4.79 Å². The summed E-state index contributed by atoms with van der Waals surface area (Å²) in [6.45, 7) is 9.82. The van der Waals surface area contributed by atoms with E-state index in [-0.39, 0.29) is 17.4 Å². The number of nitrogens with two attached hydrogens (primary N) is 1. The van der Waals surface area contributed by atoms with Crippen LogP contribution in [0.5, 0.6) is 0 Å². The highest BCUT2D eigenvalue weighted by atomic mass is 16.2. The van der Waals surface area contributed by atoms with Crippen LogP contribution in [0.15, 0.2) is 0 Å². The zero-order chi connectivity index (χ0) is 15.8. The van der Waals surface area contributed by atoms with Gasteiger partial charge >= 0.3 is 0 Å². The normalized spacial score (nSPS) is 36.7. The summed E-state index contributed by atoms with van der Waals surface area (Å²) in [5.41, 5.74) is 6.20. The Labute approximate surface area is 130 Å². The van der Waals surface area contributed by atoms with E-state index >= 15 is 0 Å². The number of carbonyl (C=O) groups excluding carboxylic acids is 1. The van der Waals surface area contributed by atoms with Gasteiger partial charge in [-0.3, -0.25) is 4.79 Å². The van der Waals surface area contributed by atoms with Crippen molar-refractivity contribution in [3.8, 4) is 0 Å². The Morgan fingerprint density at radius 3 is 2.57 bits per heavy atom. The molecule has 1 saturated carbocycles. The quantitative estimate of drug-likeness (QED) is 0.863. The van der Waals surface area contributed by atoms with Crippen LogP contribution in [0.2, 0.25) is 0 Å². The van der Waals surface area contributed by atoms with Gasteiger partial charge in [-0.15, -0.1) is 0 Å². The van der Waals surface area contributed by atoms with Crippen molar-refractivity contribution in [3.05, 3.63) is 0 Å². The van der Waals surface area contributed by atoms with Gasteiger partial charge in [0, 0.05) is 32.1 Å². The first-order chi connectivity index (χ1) is 9.73. The minimum Gasteiger partial charge on any atom is -0.345 e. The first kappa shape index (κ1) is 16.8. The average Bonchev–Trinajstić information content (AvgIpc) is 2.81. The molecule has 1 amide bonds. The molecule has 1 saturated heterocycles. The van der Waals surface area contributed by atoms with Crippen LogP contribution in [0, 0.1) is 23.2 Å². The molecule has 0 aromatic carbocycles. The molecule has 2 aliphatic rings. The maximum absolute atomic E-state index is 12.9. The SMILES string of the molecule is CC1C(N)CCC(C(=O)N(C)CC2CCN(C)C2)C1(C)C. The molecule has 1 aliphatic heterocycles. The molecule has 2 N–H and O–H groups in total. The van der Waals surface area contributed by atoms with Gasteiger partial charge in [-0.05, 0) is 50.1 Å². The third-order valence-electron chi connectivity index (χ3n) is 6.20. The number of hydrogen-bond acceptors (Lipinski definition) is 3. The number of amides is 1. The number of carbonyl (C=O) groups is 1. The van der Waals surface area contributed by atoms with E-state index < -0.39 is 0 Å². The van der Waals surface area contributed by atoms with Gasteiger partial charge in [0.15, 0.2) is 0 Å². The maximum Gasteiger partial charge on any atom is 0.225 e. The fraction of sp³-hybridized carbons (Fsp3) is 0.941. The van der Waals surface area contributed by atoms with Crippen molar-refractivity contribution >= 4 is 5.91 Å². The monoisotopic (exact) mass is 295 g/mol. The molecule has 1 heterocycles. The molecule has 1 aliphatic carbocycles. The molecule has 4 nitrogen and oxygen atoms in total. The minimum absolute atomic E-state index is 0.00449. The van der Waals surface area contributed by atoms with Crippen LogP contribution < -0.4 is 5.73 Å². The van der Waals surface area contributed by atoms with Crippen molar-refractivity contribution in [2.45, 2.75) is 46.1 Å². The lowest BCUT2D eigenvalue weighted by Gasteiger charge is -2.47. The summed E-state index contributed by atoms with van der Waals surface area (Å²) in [5, 5.41) is 0. The van der Waals surface area contributed by atoms with E-state index in [1.165, 1.54) is 6.42 Å². The fourth-order valence-electron chi connectivity index (χ4n) is 4.21. The van der Waals surface area contributed by atoms with Crippen molar-refractivity contribution in [3.63, 3.8) is 0 Å². The summed E-state index contributed by atoms with van der Waals surface area (Å²) < 4.78 is 0. The second kappa shape index (κ2) is 6.25. The molecule has 0 radical (unpaired) electrons. The second-order valence-electron chi connectivity index (χ2n) is 8.04. The van der Waals surface area contributed by atoms with Crippen LogP contribution >= 0.6 is 0 Å². The number of hydrogen-bond donors (Lipinski definition) is 1. The molecule has 4 unspecified atom stereocenters. The molecule has 21 heavy (non-hydrogen) atoms. The molecule has 0 aromatic rings. The smallest absolute Gasteiger partial charge is 0.225 e. The Bertz CT molecular complexity index is 382. The van der Waals surface area contributed by atoms with Crippen molar-refractivity contribution in [2.75, 3.05) is 33.7 Å². The molecule has 2 rings (SSSR count). The van der Waals surface area contributed by atoms with Crippen LogP contribution in [-0.2, 0) is 4.79 Å². The van der Waals surface area contributed by atoms with Crippen LogP contribution in [0.3, 0.4) is 0 Å². The van der Waals surface area contributed by atoms with E-state index in [0.717, 1.165) is 32.5 Å². The van der Waals surface area contributed by atoms with Gasteiger partial charge in [-0.25, -0.2) is 0 Å². The van der Waals surface area contributed by atoms with Gasteiger partial charge in [-0.2, -0.15) is 0 Å². The zero-order valence-electron chi connectivity index (χ0n) is 14.4. The minimum atomic E-state index is -0.00449. The summed E-state index contributed by atoms with van der Waals surface area (Å²) in [6.07, 6.45) is 3.12. The topological polar surface area (TPSA) is 49.6 Å². The van der Waals surface area contributed by atoms with Gasteiger partial charge in [0.05, 0.1) is 0 Å². The van der Waals surface area contributed by atoms with Gasteiger partial charge in [0.1, 0.15) is 0 Å². The van der Waals surface area contributed by atoms with Crippen molar-refractivity contribution < 1.29 is 4.79 Å². The lowest BCUT2D eigenvalue weighted by atomic mass is 9.60. The van der Waals surface area contributed by atoms with E-state index in [0.29, 0.717) is 17.7 Å². The molecule has 122 valence electrons. The predicted molar refractivity (Wildman–Crippen MR) is 86.9 cm³/mol. The molecule has 0 spiro atoms. The second-order valence-corrected chi connectivity index (χ2v) is 8.04. The third kappa shape index (κ3) is 3.42. The molecule has 4 atom stereocenters. The molecule has 0 bridgehead atoms. The molecular weight excluding hydrogens is 262 g/mol. The Morgan fingerprint density at radius 2 is 2.00 bits per heavy atom. The van der Waals surface area contributed by atoms with Crippen molar-refractivity contribution in [2.24, 2.45) is 28.9 Å². The third-order valence-corrected chi connectivity index (χ3v) is 6.20. The Balaban J connectivity index is 1.98. The van der Waals surface area contributed by atoms with E-state index in [4.69, 9.17) is 5.73 Å². The lowest BCUT2D eigenvalue weighted by Crippen LogP contribution is -2.52. The van der Waals surface area contributed by atoms with Crippen LogP contribution in [0.1, 0.15) is 40.0 Å². The Hall–Kier alpha value is -0.610. The van der Waals surface area contributed by atoms with Gasteiger partial charge in [0.25, 0.3) is 0 Å². The number of likely N-dealkylation sites (tertiary alicyclic amines) is 1.